The maximum atomic E-state index is 12.5. The highest BCUT2D eigenvalue weighted by Gasteiger charge is 2.31. The molecule has 0 bridgehead atoms. The zero-order chi connectivity index (χ0) is 15.5. The van der Waals surface area contributed by atoms with Crippen molar-refractivity contribution in [3.8, 4) is 0 Å². The molecule has 0 amide bonds. The first-order valence-electron chi connectivity index (χ1n) is 6.52. The SMILES string of the molecule is COC(=O)OC1CNCC(c2ccc(C(F)(F)F)cc2)C1. The Morgan fingerprint density at radius 2 is 1.90 bits per heavy atom. The zero-order valence-electron chi connectivity index (χ0n) is 11.4. The van der Waals surface area contributed by atoms with E-state index in [9.17, 15) is 18.0 Å². The fourth-order valence-corrected chi connectivity index (χ4v) is 2.37. The summed E-state index contributed by atoms with van der Waals surface area (Å²) in [5.41, 5.74) is 0.117. The lowest BCUT2D eigenvalue weighted by atomic mass is 9.90. The fourth-order valence-electron chi connectivity index (χ4n) is 2.37. The molecule has 1 aromatic rings. The van der Waals surface area contributed by atoms with Crippen LogP contribution < -0.4 is 5.32 Å². The van der Waals surface area contributed by atoms with E-state index in [4.69, 9.17) is 4.74 Å². The van der Waals surface area contributed by atoms with Crippen molar-refractivity contribution in [3.05, 3.63) is 35.4 Å². The molecule has 1 saturated heterocycles. The van der Waals surface area contributed by atoms with Crippen molar-refractivity contribution in [2.45, 2.75) is 24.6 Å². The van der Waals surface area contributed by atoms with E-state index in [0.717, 1.165) is 17.7 Å². The van der Waals surface area contributed by atoms with Crippen molar-refractivity contribution in [3.63, 3.8) is 0 Å². The minimum atomic E-state index is -4.33. The van der Waals surface area contributed by atoms with Gasteiger partial charge in [-0.3, -0.25) is 0 Å². The van der Waals surface area contributed by atoms with Gasteiger partial charge in [-0.05, 0) is 30.0 Å². The quantitative estimate of drug-likeness (QED) is 0.853. The molecule has 7 heteroatoms. The van der Waals surface area contributed by atoms with Crippen LogP contribution in [-0.2, 0) is 15.7 Å². The van der Waals surface area contributed by atoms with Crippen LogP contribution in [0.5, 0.6) is 0 Å². The Morgan fingerprint density at radius 3 is 2.48 bits per heavy atom. The molecule has 1 aromatic carbocycles. The van der Waals surface area contributed by atoms with Crippen LogP contribution in [0.2, 0.25) is 0 Å². The van der Waals surface area contributed by atoms with Crippen molar-refractivity contribution in [1.29, 1.82) is 0 Å². The lowest BCUT2D eigenvalue weighted by molar-refractivity contribution is -0.137. The number of carbonyl (C=O) groups excluding carboxylic acids is 1. The van der Waals surface area contributed by atoms with Gasteiger partial charge in [0.25, 0.3) is 0 Å². The average Bonchev–Trinajstić information content (AvgIpc) is 2.46. The van der Waals surface area contributed by atoms with Crippen molar-refractivity contribution >= 4 is 6.16 Å². The minimum Gasteiger partial charge on any atom is -0.438 e. The fraction of sp³-hybridized carbons (Fsp3) is 0.500. The van der Waals surface area contributed by atoms with Crippen molar-refractivity contribution in [1.82, 2.24) is 5.32 Å². The van der Waals surface area contributed by atoms with Crippen LogP contribution in [0, 0.1) is 0 Å². The molecule has 21 heavy (non-hydrogen) atoms. The number of benzene rings is 1. The molecule has 1 fully saturated rings. The number of ether oxygens (including phenoxy) is 2. The number of nitrogens with one attached hydrogen (secondary N) is 1. The van der Waals surface area contributed by atoms with E-state index in [1.54, 1.807) is 0 Å². The van der Waals surface area contributed by atoms with Gasteiger partial charge in [-0.15, -0.1) is 0 Å². The number of carbonyl (C=O) groups is 1. The number of alkyl halides is 3. The normalized spacial score (nSPS) is 22.7. The second kappa shape index (κ2) is 6.34. The lowest BCUT2D eigenvalue weighted by Gasteiger charge is -2.29. The Labute approximate surface area is 120 Å². The van der Waals surface area contributed by atoms with E-state index in [0.29, 0.717) is 19.5 Å². The molecule has 1 N–H and O–H groups in total. The summed E-state index contributed by atoms with van der Waals surface area (Å²) in [4.78, 5) is 11.1. The summed E-state index contributed by atoms with van der Waals surface area (Å²) in [5, 5.41) is 3.10. The highest BCUT2D eigenvalue weighted by molar-refractivity contribution is 5.59. The molecule has 2 atom stereocenters. The smallest absolute Gasteiger partial charge is 0.438 e. The predicted octanol–water partition coefficient (Wildman–Crippen LogP) is 2.93. The van der Waals surface area contributed by atoms with Crippen LogP contribution in [-0.4, -0.2) is 32.5 Å². The van der Waals surface area contributed by atoms with Gasteiger partial charge in [-0.1, -0.05) is 12.1 Å². The first kappa shape index (κ1) is 15.6. The molecule has 0 spiro atoms. The number of hydrogen-bond donors (Lipinski definition) is 1. The Morgan fingerprint density at radius 1 is 1.24 bits per heavy atom. The highest BCUT2D eigenvalue weighted by Crippen LogP contribution is 2.31. The standard InChI is InChI=1S/C14H16F3NO3/c1-20-13(19)21-12-6-10(7-18-8-12)9-2-4-11(5-3-9)14(15,16)17/h2-5,10,12,18H,6-8H2,1H3. The van der Waals surface area contributed by atoms with Gasteiger partial charge in [0.1, 0.15) is 6.10 Å². The third kappa shape index (κ3) is 4.10. The molecule has 116 valence electrons. The second-order valence-electron chi connectivity index (χ2n) is 4.90. The second-order valence-corrected chi connectivity index (χ2v) is 4.90. The molecule has 2 unspecified atom stereocenters. The van der Waals surface area contributed by atoms with Crippen LogP contribution >= 0.6 is 0 Å². The average molecular weight is 303 g/mol. The van der Waals surface area contributed by atoms with Gasteiger partial charge in [-0.2, -0.15) is 13.2 Å². The van der Waals surface area contributed by atoms with Crippen LogP contribution in [0.3, 0.4) is 0 Å². The molecule has 0 aliphatic carbocycles. The van der Waals surface area contributed by atoms with Gasteiger partial charge >= 0.3 is 12.3 Å². The third-order valence-corrected chi connectivity index (χ3v) is 3.45. The summed E-state index contributed by atoms with van der Waals surface area (Å²) in [5.74, 6) is -0.00399. The molecule has 0 aromatic heterocycles. The Bertz CT molecular complexity index is 487. The van der Waals surface area contributed by atoms with Crippen LogP contribution in [0.25, 0.3) is 0 Å². The Balaban J connectivity index is 2.02. The first-order valence-corrected chi connectivity index (χ1v) is 6.52. The predicted molar refractivity (Wildman–Crippen MR) is 68.9 cm³/mol. The summed E-state index contributed by atoms with van der Waals surface area (Å²) in [6, 6.07) is 5.08. The summed E-state index contributed by atoms with van der Waals surface area (Å²) in [6.07, 6.45) is -4.89. The molecule has 4 nitrogen and oxygen atoms in total. The van der Waals surface area contributed by atoms with E-state index < -0.39 is 17.9 Å². The number of halogens is 3. The van der Waals surface area contributed by atoms with Gasteiger partial charge in [0, 0.05) is 13.1 Å². The molecular weight excluding hydrogens is 287 g/mol. The maximum Gasteiger partial charge on any atom is 0.508 e. The van der Waals surface area contributed by atoms with Crippen molar-refractivity contribution < 1.29 is 27.4 Å². The largest absolute Gasteiger partial charge is 0.508 e. The van der Waals surface area contributed by atoms with Crippen LogP contribution in [0.4, 0.5) is 18.0 Å². The number of rotatable bonds is 2. The van der Waals surface area contributed by atoms with Crippen LogP contribution in [0.15, 0.2) is 24.3 Å². The van der Waals surface area contributed by atoms with Gasteiger partial charge in [0.05, 0.1) is 12.7 Å². The summed E-state index contributed by atoms with van der Waals surface area (Å²) in [7, 11) is 1.23. The molecule has 2 rings (SSSR count). The summed E-state index contributed by atoms with van der Waals surface area (Å²) >= 11 is 0. The number of hydrogen-bond acceptors (Lipinski definition) is 4. The first-order chi connectivity index (χ1) is 9.90. The molecule has 1 aliphatic rings. The number of methoxy groups -OCH3 is 1. The summed E-state index contributed by atoms with van der Waals surface area (Å²) < 4.78 is 47.1. The summed E-state index contributed by atoms with van der Waals surface area (Å²) in [6.45, 7) is 1.14. The Hall–Kier alpha value is -1.76. The van der Waals surface area contributed by atoms with Crippen molar-refractivity contribution in [2.24, 2.45) is 0 Å². The molecule has 0 radical (unpaired) electrons. The van der Waals surface area contributed by atoms with E-state index in [2.05, 4.69) is 10.1 Å². The van der Waals surface area contributed by atoms with Gasteiger partial charge in [0.2, 0.25) is 0 Å². The van der Waals surface area contributed by atoms with Crippen molar-refractivity contribution in [2.75, 3.05) is 20.2 Å². The zero-order valence-corrected chi connectivity index (χ0v) is 11.4. The van der Waals surface area contributed by atoms with Crippen LogP contribution in [0.1, 0.15) is 23.5 Å². The molecule has 1 aliphatic heterocycles. The van der Waals surface area contributed by atoms with E-state index in [1.807, 2.05) is 0 Å². The lowest BCUT2D eigenvalue weighted by Crippen LogP contribution is -2.40. The monoisotopic (exact) mass is 303 g/mol. The van der Waals surface area contributed by atoms with E-state index in [1.165, 1.54) is 19.2 Å². The minimum absolute atomic E-state index is 0.00399. The third-order valence-electron chi connectivity index (χ3n) is 3.45. The molecule has 0 saturated carbocycles. The molecular formula is C14H16F3NO3. The van der Waals surface area contributed by atoms with E-state index in [-0.39, 0.29) is 12.0 Å². The highest BCUT2D eigenvalue weighted by atomic mass is 19.4. The number of piperidine rings is 1. The van der Waals surface area contributed by atoms with Gasteiger partial charge in [0.15, 0.2) is 0 Å². The van der Waals surface area contributed by atoms with Gasteiger partial charge < -0.3 is 14.8 Å². The van der Waals surface area contributed by atoms with Gasteiger partial charge in [-0.25, -0.2) is 4.79 Å². The topological polar surface area (TPSA) is 47.6 Å². The van der Waals surface area contributed by atoms with E-state index >= 15 is 0 Å². The Kier molecular flexibility index (Phi) is 4.72. The molecule has 1 heterocycles. The maximum absolute atomic E-state index is 12.5.